The maximum absolute atomic E-state index is 11.3. The third kappa shape index (κ3) is 3.74. The smallest absolute Gasteiger partial charge is 0.262 e. The van der Waals surface area contributed by atoms with Crippen LogP contribution in [0.3, 0.4) is 0 Å². The third-order valence-corrected chi connectivity index (χ3v) is 4.84. The maximum Gasteiger partial charge on any atom is 0.262 e. The van der Waals surface area contributed by atoms with Gasteiger partial charge in [-0.2, -0.15) is 0 Å². The van der Waals surface area contributed by atoms with Crippen molar-refractivity contribution in [3.8, 4) is 5.75 Å². The quantitative estimate of drug-likeness (QED) is 0.770. The van der Waals surface area contributed by atoms with Crippen molar-refractivity contribution >= 4 is 40.8 Å². The zero-order chi connectivity index (χ0) is 16.4. The molecule has 0 saturated heterocycles. The fourth-order valence-corrected chi connectivity index (χ4v) is 3.18. The number of carbonyl (C=O) groups excluding carboxylic acids is 1. The first kappa shape index (κ1) is 16.0. The van der Waals surface area contributed by atoms with Gasteiger partial charge < -0.3 is 14.8 Å². The second-order valence-electron chi connectivity index (χ2n) is 5.60. The number of fused-ring (bicyclic) bond motifs is 1. The van der Waals surface area contributed by atoms with Gasteiger partial charge in [0.2, 0.25) is 0 Å². The number of ether oxygens (including phenoxy) is 1. The van der Waals surface area contributed by atoms with Crippen molar-refractivity contribution < 1.29 is 9.53 Å². The fourth-order valence-electron chi connectivity index (χ4n) is 2.21. The molecule has 3 rings (SSSR count). The number of benzene rings is 2. The van der Waals surface area contributed by atoms with E-state index < -0.39 is 0 Å². The van der Waals surface area contributed by atoms with Gasteiger partial charge in [0.05, 0.1) is 15.6 Å². The van der Waals surface area contributed by atoms with Gasteiger partial charge >= 0.3 is 0 Å². The Morgan fingerprint density at radius 1 is 1.26 bits per heavy atom. The van der Waals surface area contributed by atoms with Crippen LogP contribution in [0, 0.1) is 0 Å². The first-order chi connectivity index (χ1) is 11.0. The van der Waals surface area contributed by atoms with Gasteiger partial charge in [0, 0.05) is 5.69 Å². The second kappa shape index (κ2) is 6.72. The Morgan fingerprint density at radius 2 is 2.00 bits per heavy atom. The average Bonchev–Trinajstić information content (AvgIpc) is 2.53. The van der Waals surface area contributed by atoms with E-state index in [-0.39, 0.29) is 12.5 Å². The predicted octanol–water partition coefficient (Wildman–Crippen LogP) is 4.91. The van der Waals surface area contributed by atoms with Gasteiger partial charge in [-0.1, -0.05) is 37.6 Å². The van der Waals surface area contributed by atoms with Crippen LogP contribution in [-0.4, -0.2) is 12.5 Å². The molecule has 6 heteroatoms. The van der Waals surface area contributed by atoms with Crippen LogP contribution in [0.15, 0.2) is 41.3 Å². The predicted molar refractivity (Wildman–Crippen MR) is 95.6 cm³/mol. The molecule has 1 aliphatic rings. The van der Waals surface area contributed by atoms with Crippen molar-refractivity contribution in [2.45, 2.75) is 24.7 Å². The average molecular weight is 349 g/mol. The largest absolute Gasteiger partial charge is 0.482 e. The molecule has 23 heavy (non-hydrogen) atoms. The van der Waals surface area contributed by atoms with E-state index in [1.807, 2.05) is 18.2 Å². The molecule has 0 unspecified atom stereocenters. The minimum absolute atomic E-state index is 0.0306. The van der Waals surface area contributed by atoms with Crippen molar-refractivity contribution in [3.05, 3.63) is 47.0 Å². The van der Waals surface area contributed by atoms with Crippen molar-refractivity contribution in [3.63, 3.8) is 0 Å². The lowest BCUT2D eigenvalue weighted by Gasteiger charge is -2.19. The summed E-state index contributed by atoms with van der Waals surface area (Å²) in [6.45, 7) is 4.37. The number of nitrogens with one attached hydrogen (secondary N) is 2. The molecule has 1 amide bonds. The first-order valence-corrected chi connectivity index (χ1v) is 8.51. The van der Waals surface area contributed by atoms with Crippen LogP contribution in [0.25, 0.3) is 0 Å². The molecule has 2 N–H and O–H groups in total. The molecular formula is C17H17ClN2O2S. The minimum atomic E-state index is -0.169. The maximum atomic E-state index is 11.3. The Hall–Kier alpha value is -1.85. The Balaban J connectivity index is 1.72. The van der Waals surface area contributed by atoms with Crippen LogP contribution in [0.1, 0.15) is 25.3 Å². The van der Waals surface area contributed by atoms with Gasteiger partial charge in [-0.15, -0.1) is 0 Å². The van der Waals surface area contributed by atoms with Crippen molar-refractivity contribution in [1.82, 2.24) is 0 Å². The standard InChI is InChI=1S/C17H17ClN2O2S/c1-10(2)11-3-5-12(6-4-11)20-23-16-8-15-14(7-13(16)18)19-17(21)9-22-15/h3-8,10,20H,9H2,1-2H3,(H,19,21). The molecule has 0 atom stereocenters. The summed E-state index contributed by atoms with van der Waals surface area (Å²) in [6, 6.07) is 11.9. The SMILES string of the molecule is CC(C)c1ccc(NSc2cc3c(cc2Cl)NC(=O)CO3)cc1. The van der Waals surface area contributed by atoms with Gasteiger partial charge in [-0.25, -0.2) is 0 Å². The number of halogens is 1. The molecule has 1 heterocycles. The molecule has 0 fully saturated rings. The summed E-state index contributed by atoms with van der Waals surface area (Å²) in [4.78, 5) is 12.2. The Morgan fingerprint density at radius 3 is 2.70 bits per heavy atom. The van der Waals surface area contributed by atoms with Gasteiger partial charge in [0.15, 0.2) is 6.61 Å². The highest BCUT2D eigenvalue weighted by atomic mass is 35.5. The number of anilines is 2. The summed E-state index contributed by atoms with van der Waals surface area (Å²) in [5.74, 6) is 0.977. The topological polar surface area (TPSA) is 50.4 Å². The molecule has 0 saturated carbocycles. The molecule has 120 valence electrons. The number of amides is 1. The number of carbonyl (C=O) groups is 1. The molecule has 0 aromatic heterocycles. The van der Waals surface area contributed by atoms with Crippen LogP contribution >= 0.6 is 23.5 Å². The summed E-state index contributed by atoms with van der Waals surface area (Å²) in [6.07, 6.45) is 0. The molecule has 0 bridgehead atoms. The van der Waals surface area contributed by atoms with E-state index in [9.17, 15) is 4.79 Å². The highest BCUT2D eigenvalue weighted by Crippen LogP contribution is 2.38. The fraction of sp³-hybridized carbons (Fsp3) is 0.235. The van der Waals surface area contributed by atoms with E-state index in [1.54, 1.807) is 6.07 Å². The number of hydrogen-bond acceptors (Lipinski definition) is 4. The normalized spacial score (nSPS) is 13.3. The van der Waals surface area contributed by atoms with E-state index in [0.29, 0.717) is 22.4 Å². The molecule has 0 radical (unpaired) electrons. The van der Waals surface area contributed by atoms with Gasteiger partial charge in [-0.05, 0) is 47.7 Å². The van der Waals surface area contributed by atoms with Crippen molar-refractivity contribution in [2.75, 3.05) is 16.6 Å². The molecular weight excluding hydrogens is 332 g/mol. The third-order valence-electron chi connectivity index (χ3n) is 3.52. The second-order valence-corrected chi connectivity index (χ2v) is 6.85. The minimum Gasteiger partial charge on any atom is -0.482 e. The summed E-state index contributed by atoms with van der Waals surface area (Å²) in [5, 5.41) is 3.30. The number of hydrogen-bond donors (Lipinski definition) is 2. The van der Waals surface area contributed by atoms with Crippen molar-refractivity contribution in [1.29, 1.82) is 0 Å². The lowest BCUT2D eigenvalue weighted by molar-refractivity contribution is -0.118. The van der Waals surface area contributed by atoms with Crippen LogP contribution in [0.4, 0.5) is 11.4 Å². The molecule has 1 aliphatic heterocycles. The van der Waals surface area contributed by atoms with E-state index in [1.165, 1.54) is 17.5 Å². The van der Waals surface area contributed by atoms with Gasteiger partial charge in [-0.3, -0.25) is 4.79 Å². The van der Waals surface area contributed by atoms with Gasteiger partial charge in [0.25, 0.3) is 5.91 Å². The van der Waals surface area contributed by atoms with Crippen LogP contribution in [-0.2, 0) is 4.79 Å². The Kier molecular flexibility index (Phi) is 4.68. The highest BCUT2D eigenvalue weighted by Gasteiger charge is 2.18. The lowest BCUT2D eigenvalue weighted by Crippen LogP contribution is -2.25. The molecule has 2 aromatic rings. The Bertz CT molecular complexity index is 732. The summed E-state index contributed by atoms with van der Waals surface area (Å²) >= 11 is 7.69. The zero-order valence-corrected chi connectivity index (χ0v) is 14.4. The van der Waals surface area contributed by atoms with E-state index in [4.69, 9.17) is 16.3 Å². The molecule has 0 aliphatic carbocycles. The monoisotopic (exact) mass is 348 g/mol. The zero-order valence-electron chi connectivity index (χ0n) is 12.9. The lowest BCUT2D eigenvalue weighted by atomic mass is 10.0. The summed E-state index contributed by atoms with van der Waals surface area (Å²) in [5.41, 5.74) is 2.91. The highest BCUT2D eigenvalue weighted by molar-refractivity contribution is 8.00. The summed E-state index contributed by atoms with van der Waals surface area (Å²) < 4.78 is 8.69. The number of rotatable bonds is 4. The Labute approximate surface area is 144 Å². The summed E-state index contributed by atoms with van der Waals surface area (Å²) in [7, 11) is 0. The molecule has 2 aromatic carbocycles. The van der Waals surface area contributed by atoms with Crippen molar-refractivity contribution in [2.24, 2.45) is 0 Å². The first-order valence-electron chi connectivity index (χ1n) is 7.32. The van der Waals surface area contributed by atoms with E-state index >= 15 is 0 Å². The van der Waals surface area contributed by atoms with E-state index in [2.05, 4.69) is 36.0 Å². The molecule has 4 nitrogen and oxygen atoms in total. The van der Waals surface area contributed by atoms with E-state index in [0.717, 1.165) is 10.6 Å². The van der Waals surface area contributed by atoms with Crippen LogP contribution < -0.4 is 14.8 Å². The molecule has 0 spiro atoms. The van der Waals surface area contributed by atoms with Crippen LogP contribution in [0.2, 0.25) is 5.02 Å². The van der Waals surface area contributed by atoms with Crippen LogP contribution in [0.5, 0.6) is 5.75 Å². The van der Waals surface area contributed by atoms with Gasteiger partial charge in [0.1, 0.15) is 5.75 Å².